The molecule has 0 spiro atoms. The number of aromatic nitrogens is 9. The number of nitrogens with zero attached hydrogens (tertiary/aromatic N) is 9. The number of alkyl halides is 4. The molecule has 8 rings (SSSR count). The fourth-order valence-electron chi connectivity index (χ4n) is 7.29. The van der Waals surface area contributed by atoms with Gasteiger partial charge in [-0.05, 0) is 50.0 Å². The minimum absolute atomic E-state index is 0.0412. The van der Waals surface area contributed by atoms with Crippen LogP contribution in [0.5, 0.6) is 5.88 Å². The van der Waals surface area contributed by atoms with Gasteiger partial charge in [0.2, 0.25) is 11.8 Å². The Morgan fingerprint density at radius 2 is 1.77 bits per heavy atom. The molecule has 2 amide bonds. The number of aromatic amines is 1. The lowest BCUT2D eigenvalue weighted by Gasteiger charge is -2.24. The van der Waals surface area contributed by atoms with Crippen molar-refractivity contribution < 1.29 is 27.1 Å². The van der Waals surface area contributed by atoms with E-state index < -0.39 is 24.1 Å². The third-order valence-corrected chi connectivity index (χ3v) is 10.6. The molecule has 0 radical (unpaired) electrons. The summed E-state index contributed by atoms with van der Waals surface area (Å²) in [5.74, 6) is 1.28. The zero-order chi connectivity index (χ0) is 43.5. The van der Waals surface area contributed by atoms with Crippen molar-refractivity contribution in [2.24, 2.45) is 0 Å². The van der Waals surface area contributed by atoms with E-state index >= 15 is 4.39 Å². The molecule has 0 bridgehead atoms. The molecule has 1 fully saturated rings. The lowest BCUT2D eigenvalue weighted by molar-refractivity contribution is -0.140. The molecule has 4 heterocycles. The van der Waals surface area contributed by atoms with Crippen molar-refractivity contribution >= 4 is 22.8 Å². The maximum atomic E-state index is 15.2. The molecule has 1 unspecified atom stereocenters. The summed E-state index contributed by atoms with van der Waals surface area (Å²) in [6, 6.07) is 13.2. The molecule has 6 aromatic rings. The zero-order valence-electron chi connectivity index (χ0n) is 33.9. The fraction of sp³-hybridized carbons (Fsp3) is 0.326. The first kappa shape index (κ1) is 41.7. The van der Waals surface area contributed by atoms with Crippen LogP contribution in [0.4, 0.5) is 28.3 Å². The number of carbonyl (C=O) groups excluding carboxylic acids is 1. The lowest BCUT2D eigenvalue weighted by Crippen LogP contribution is -2.42. The lowest BCUT2D eigenvalue weighted by atomic mass is 9.97. The number of amides is 2. The summed E-state index contributed by atoms with van der Waals surface area (Å²) in [5.41, 5.74) is 2.72. The van der Waals surface area contributed by atoms with Gasteiger partial charge in [0, 0.05) is 61.6 Å². The van der Waals surface area contributed by atoms with Crippen LogP contribution in [-0.2, 0) is 19.1 Å². The van der Waals surface area contributed by atoms with Gasteiger partial charge in [-0.1, -0.05) is 48.5 Å². The molecule has 0 saturated heterocycles. The molecule has 1 saturated carbocycles. The van der Waals surface area contributed by atoms with Crippen LogP contribution in [-0.4, -0.2) is 77.1 Å². The minimum atomic E-state index is -4.60. The van der Waals surface area contributed by atoms with Crippen molar-refractivity contribution in [2.75, 3.05) is 25.1 Å². The van der Waals surface area contributed by atoms with Crippen LogP contribution in [0.2, 0.25) is 0 Å². The van der Waals surface area contributed by atoms with Crippen molar-refractivity contribution in [3.63, 3.8) is 0 Å². The number of urea groups is 1. The number of hydrogen-bond donors (Lipinski definition) is 3. The van der Waals surface area contributed by atoms with Crippen molar-refractivity contribution in [1.82, 2.24) is 55.3 Å². The maximum Gasteiger partial charge on any atom is 0.434 e. The zero-order valence-corrected chi connectivity index (χ0v) is 33.9. The molecule has 2 aromatic carbocycles. The number of ether oxygens (including phenoxy) is 1. The van der Waals surface area contributed by atoms with Crippen molar-refractivity contribution in [3.05, 3.63) is 124 Å². The Morgan fingerprint density at radius 1 is 1.02 bits per heavy atom. The summed E-state index contributed by atoms with van der Waals surface area (Å²) in [7, 11) is 1.51. The standard InChI is InChI=1S/C43H42F4N12O3/c1-24(2)59-21-34(43(45,46)47)54-38(59)28-11-8-25(9-12-28)20-58(41-52-23-50-37(55-41)35-36(27-13-14-27)49-22-51-40(35)62-3)17-16-48-42(61)53-33-19-26(10-15-31(33)44)18-32-29-6-4-5-7-30(29)39(60)57-56-32/h4-12,19,21-24,27,31H,13-18,20H2,1-3H3,(H,57,60)(H2,48,53,61). The van der Waals surface area contributed by atoms with Crippen molar-refractivity contribution in [1.29, 1.82) is 0 Å². The SMILES string of the molecule is COc1ncnc(C2CC2)c1-c1ncnc(N(CCNC(=O)NC2=CC(Cc3n[nH]c(=O)c4ccccc34)=CCC2F)Cc2ccc(-c3nc(C(F)(F)F)cn3C(C)C)cc2)n1. The number of hydrogen-bond acceptors (Lipinski definition) is 11. The first-order valence-corrected chi connectivity index (χ1v) is 20.0. The molecule has 3 N–H and O–H groups in total. The van der Waals surface area contributed by atoms with Crippen LogP contribution in [0, 0.1) is 0 Å². The number of nitrogens with one attached hydrogen (secondary N) is 3. The second kappa shape index (κ2) is 17.5. The van der Waals surface area contributed by atoms with Crippen molar-refractivity contribution in [2.45, 2.75) is 70.4 Å². The van der Waals surface area contributed by atoms with Crippen LogP contribution in [0.15, 0.2) is 95.6 Å². The first-order valence-electron chi connectivity index (χ1n) is 20.0. The van der Waals surface area contributed by atoms with Gasteiger partial charge < -0.3 is 24.8 Å². The number of carbonyl (C=O) groups is 1. The third kappa shape index (κ3) is 9.15. The predicted octanol–water partition coefficient (Wildman–Crippen LogP) is 7.01. The van der Waals surface area contributed by atoms with Gasteiger partial charge >= 0.3 is 12.2 Å². The normalized spacial score (nSPS) is 15.3. The van der Waals surface area contributed by atoms with Gasteiger partial charge in [-0.3, -0.25) is 4.79 Å². The van der Waals surface area contributed by atoms with Crippen LogP contribution >= 0.6 is 0 Å². The van der Waals surface area contributed by atoms with E-state index in [1.165, 1.54) is 24.3 Å². The van der Waals surface area contributed by atoms with Gasteiger partial charge in [0.1, 0.15) is 30.2 Å². The Bertz CT molecular complexity index is 2730. The number of rotatable bonds is 14. The van der Waals surface area contributed by atoms with Crippen molar-refractivity contribution in [3.8, 4) is 28.7 Å². The van der Waals surface area contributed by atoms with Gasteiger partial charge in [0.05, 0.1) is 29.6 Å². The number of methoxy groups -OCH3 is 1. The fourth-order valence-corrected chi connectivity index (χ4v) is 7.29. The molecule has 2 aliphatic rings. The van der Waals surface area contributed by atoms with Crippen LogP contribution < -0.4 is 25.8 Å². The smallest absolute Gasteiger partial charge is 0.434 e. The number of allylic oxidation sites excluding steroid dienone is 4. The third-order valence-electron chi connectivity index (χ3n) is 10.6. The van der Waals surface area contributed by atoms with Gasteiger partial charge in [-0.15, -0.1) is 0 Å². The Hall–Kier alpha value is -7.05. The Morgan fingerprint density at radius 3 is 2.50 bits per heavy atom. The summed E-state index contributed by atoms with van der Waals surface area (Å²) in [6.07, 6.45) is 3.35. The molecular weight excluding hydrogens is 809 g/mol. The average molecular weight is 851 g/mol. The highest BCUT2D eigenvalue weighted by Crippen LogP contribution is 2.45. The highest BCUT2D eigenvalue weighted by atomic mass is 19.4. The predicted molar refractivity (Wildman–Crippen MR) is 222 cm³/mol. The maximum absolute atomic E-state index is 15.2. The average Bonchev–Trinajstić information content (AvgIpc) is 4.01. The van der Waals surface area contributed by atoms with Gasteiger partial charge in [0.15, 0.2) is 11.5 Å². The molecule has 320 valence electrons. The van der Waals surface area contributed by atoms with Crippen LogP contribution in [0.1, 0.15) is 67.7 Å². The Labute approximate surface area is 352 Å². The number of anilines is 1. The molecule has 62 heavy (non-hydrogen) atoms. The minimum Gasteiger partial charge on any atom is -0.480 e. The van der Waals surface area contributed by atoms with E-state index in [4.69, 9.17) is 9.72 Å². The second-order valence-electron chi connectivity index (χ2n) is 15.3. The van der Waals surface area contributed by atoms with Gasteiger partial charge in [-0.25, -0.2) is 39.2 Å². The molecule has 15 nitrogen and oxygen atoms in total. The largest absolute Gasteiger partial charge is 0.480 e. The number of imidazole rings is 1. The highest BCUT2D eigenvalue weighted by molar-refractivity contribution is 5.83. The summed E-state index contributed by atoms with van der Waals surface area (Å²) in [4.78, 5) is 53.8. The molecule has 1 atom stereocenters. The van der Waals surface area contributed by atoms with E-state index in [2.05, 4.69) is 45.8 Å². The monoisotopic (exact) mass is 850 g/mol. The van der Waals surface area contributed by atoms with Gasteiger partial charge in [-0.2, -0.15) is 23.3 Å². The topological polar surface area (TPSA) is 182 Å². The van der Waals surface area contributed by atoms with E-state index in [1.807, 2.05) is 11.0 Å². The first-order chi connectivity index (χ1) is 29.9. The number of fused-ring (bicyclic) bond motifs is 1. The molecular formula is C43H42F4N12O3. The number of H-pyrrole nitrogens is 1. The summed E-state index contributed by atoms with van der Waals surface area (Å²) in [6.45, 7) is 4.04. The number of benzene rings is 2. The molecule has 2 aliphatic carbocycles. The van der Waals surface area contributed by atoms with E-state index in [0.29, 0.717) is 45.7 Å². The van der Waals surface area contributed by atoms with E-state index in [0.717, 1.165) is 35.9 Å². The van der Waals surface area contributed by atoms with Gasteiger partial charge in [0.25, 0.3) is 5.56 Å². The van der Waals surface area contributed by atoms with Crippen LogP contribution in [0.3, 0.4) is 0 Å². The quantitative estimate of drug-likeness (QED) is 0.0959. The summed E-state index contributed by atoms with van der Waals surface area (Å²) < 4.78 is 63.1. The summed E-state index contributed by atoms with van der Waals surface area (Å²) >= 11 is 0. The summed E-state index contributed by atoms with van der Waals surface area (Å²) in [5, 5.41) is 13.4. The van der Waals surface area contributed by atoms with E-state index in [9.17, 15) is 22.8 Å². The molecule has 19 heteroatoms. The second-order valence-corrected chi connectivity index (χ2v) is 15.3. The van der Waals surface area contributed by atoms with E-state index in [1.54, 1.807) is 68.5 Å². The Kier molecular flexibility index (Phi) is 11.8. The highest BCUT2D eigenvalue weighted by Gasteiger charge is 2.35. The Balaban J connectivity index is 1.01. The molecule has 4 aromatic heterocycles. The number of halogens is 4. The van der Waals surface area contributed by atoms with Crippen LogP contribution in [0.25, 0.3) is 33.5 Å². The molecule has 0 aliphatic heterocycles. The van der Waals surface area contributed by atoms with E-state index in [-0.39, 0.29) is 61.0 Å².